The van der Waals surface area contributed by atoms with Crippen LogP contribution in [0.15, 0.2) is 60.7 Å². The van der Waals surface area contributed by atoms with Crippen LogP contribution in [-0.2, 0) is 11.4 Å². The molecule has 0 saturated carbocycles. The number of carbonyl (C=O) groups is 1. The summed E-state index contributed by atoms with van der Waals surface area (Å²) in [4.78, 5) is 14.8. The summed E-state index contributed by atoms with van der Waals surface area (Å²) in [5.74, 6) is 1.35. The van der Waals surface area contributed by atoms with Gasteiger partial charge in [-0.15, -0.1) is 0 Å². The lowest BCUT2D eigenvalue weighted by Gasteiger charge is -2.15. The molecule has 4 rings (SSSR count). The van der Waals surface area contributed by atoms with Gasteiger partial charge < -0.3 is 14.4 Å². The smallest absolute Gasteiger partial charge is 0.258 e. The van der Waals surface area contributed by atoms with Crippen molar-refractivity contribution < 1.29 is 14.3 Å². The van der Waals surface area contributed by atoms with Crippen molar-refractivity contribution in [3.63, 3.8) is 0 Å². The van der Waals surface area contributed by atoms with Crippen molar-refractivity contribution in [2.45, 2.75) is 20.5 Å². The zero-order valence-corrected chi connectivity index (χ0v) is 20.8. The summed E-state index contributed by atoms with van der Waals surface area (Å²) in [7, 11) is 0. The molecule has 1 aliphatic heterocycles. The number of hydrogen-bond acceptors (Lipinski definition) is 3. The van der Waals surface area contributed by atoms with Crippen LogP contribution in [0.1, 0.15) is 30.5 Å². The van der Waals surface area contributed by atoms with Crippen molar-refractivity contribution in [3.8, 4) is 11.5 Å². The number of benzene rings is 3. The molecule has 0 fully saturated rings. The Morgan fingerprint density at radius 2 is 1.84 bits per heavy atom. The van der Waals surface area contributed by atoms with Gasteiger partial charge in [-0.05, 0) is 84.0 Å². The predicted octanol–water partition coefficient (Wildman–Crippen LogP) is 6.83. The fourth-order valence-electron chi connectivity index (χ4n) is 3.78. The highest BCUT2D eigenvalue weighted by Crippen LogP contribution is 2.40. The van der Waals surface area contributed by atoms with Gasteiger partial charge in [0, 0.05) is 22.7 Å². The van der Waals surface area contributed by atoms with E-state index in [1.54, 1.807) is 4.90 Å². The molecule has 3 aromatic carbocycles. The van der Waals surface area contributed by atoms with Crippen LogP contribution < -0.4 is 14.4 Å². The zero-order valence-electron chi connectivity index (χ0n) is 17.9. The molecule has 0 spiro atoms. The quantitative estimate of drug-likeness (QED) is 0.235. The minimum Gasteiger partial charge on any atom is -0.490 e. The highest BCUT2D eigenvalue weighted by atomic mass is 127. The minimum absolute atomic E-state index is 0.0166. The fourth-order valence-corrected chi connectivity index (χ4v) is 4.78. The summed E-state index contributed by atoms with van der Waals surface area (Å²) < 4.78 is 12.9. The molecule has 32 heavy (non-hydrogen) atoms. The van der Waals surface area contributed by atoms with Crippen molar-refractivity contribution in [3.05, 3.63) is 85.9 Å². The monoisotopic (exact) mass is 559 g/mol. The third-order valence-electron chi connectivity index (χ3n) is 5.19. The normalized spacial score (nSPS) is 14.1. The standard InChI is InChI=1S/C26H23ClINO3/c1-3-29-23-11-6-5-10-20(23)21(26(29)30)13-18-14-22(28)25(24(15-18)31-4-2)32-16-17-8-7-9-19(27)12-17/h5-15H,3-4,16H2,1-2H3/b21-13-. The van der Waals surface area contributed by atoms with E-state index in [0.717, 1.165) is 25.9 Å². The van der Waals surface area contributed by atoms with E-state index in [9.17, 15) is 4.79 Å². The van der Waals surface area contributed by atoms with Crippen LogP contribution in [-0.4, -0.2) is 19.1 Å². The Morgan fingerprint density at radius 3 is 2.59 bits per heavy atom. The number of amides is 1. The van der Waals surface area contributed by atoms with Gasteiger partial charge in [0.1, 0.15) is 6.61 Å². The van der Waals surface area contributed by atoms with E-state index >= 15 is 0 Å². The third-order valence-corrected chi connectivity index (χ3v) is 6.23. The summed E-state index contributed by atoms with van der Waals surface area (Å²) in [6.45, 7) is 5.45. The van der Waals surface area contributed by atoms with Crippen LogP contribution in [0.5, 0.6) is 11.5 Å². The van der Waals surface area contributed by atoms with Crippen molar-refractivity contribution in [1.82, 2.24) is 0 Å². The molecule has 3 aromatic rings. The van der Waals surface area contributed by atoms with Crippen molar-refractivity contribution in [2.24, 2.45) is 0 Å². The number of nitrogens with zero attached hydrogens (tertiary/aromatic N) is 1. The van der Waals surface area contributed by atoms with Crippen molar-refractivity contribution in [1.29, 1.82) is 0 Å². The summed E-state index contributed by atoms with van der Waals surface area (Å²) in [5, 5.41) is 0.676. The lowest BCUT2D eigenvalue weighted by Crippen LogP contribution is -2.25. The van der Waals surface area contributed by atoms with Crippen LogP contribution in [0.3, 0.4) is 0 Å². The highest BCUT2D eigenvalue weighted by molar-refractivity contribution is 14.1. The minimum atomic E-state index is 0.0166. The number of para-hydroxylation sites is 1. The average Bonchev–Trinajstić information content (AvgIpc) is 3.04. The number of rotatable bonds is 7. The molecule has 1 amide bonds. The van der Waals surface area contributed by atoms with Crippen molar-refractivity contribution in [2.75, 3.05) is 18.1 Å². The SMILES string of the molecule is CCOc1cc(/C=C2\C(=O)N(CC)c3ccccc32)cc(I)c1OCc1cccc(Cl)c1. The lowest BCUT2D eigenvalue weighted by molar-refractivity contribution is -0.112. The Morgan fingerprint density at radius 1 is 1.03 bits per heavy atom. The largest absolute Gasteiger partial charge is 0.490 e. The van der Waals surface area contributed by atoms with Gasteiger partial charge in [0.15, 0.2) is 11.5 Å². The summed E-state index contributed by atoms with van der Waals surface area (Å²) in [6, 6.07) is 19.4. The van der Waals surface area contributed by atoms with Gasteiger partial charge in [-0.3, -0.25) is 4.79 Å². The molecule has 1 heterocycles. The maximum Gasteiger partial charge on any atom is 0.258 e. The Hall–Kier alpha value is -2.51. The molecule has 0 aromatic heterocycles. The molecule has 0 aliphatic carbocycles. The second-order valence-corrected chi connectivity index (χ2v) is 8.90. The molecule has 0 saturated heterocycles. The first-order chi connectivity index (χ1) is 15.5. The molecule has 0 radical (unpaired) electrons. The first-order valence-corrected chi connectivity index (χ1v) is 11.9. The summed E-state index contributed by atoms with van der Waals surface area (Å²) in [5.41, 5.74) is 4.47. The maximum absolute atomic E-state index is 13.0. The number of fused-ring (bicyclic) bond motifs is 1. The Labute approximate surface area is 206 Å². The lowest BCUT2D eigenvalue weighted by atomic mass is 10.0. The van der Waals surface area contributed by atoms with Gasteiger partial charge in [-0.25, -0.2) is 0 Å². The first kappa shape index (κ1) is 22.7. The van der Waals surface area contributed by atoms with E-state index in [0.29, 0.717) is 41.9 Å². The first-order valence-electron chi connectivity index (χ1n) is 10.5. The summed E-state index contributed by atoms with van der Waals surface area (Å²) >= 11 is 8.34. The molecule has 6 heteroatoms. The molecule has 0 unspecified atom stereocenters. The molecule has 0 N–H and O–H groups in total. The highest BCUT2D eigenvalue weighted by Gasteiger charge is 2.30. The number of hydrogen-bond donors (Lipinski definition) is 0. The van der Waals surface area contributed by atoms with Crippen LogP contribution in [0.4, 0.5) is 5.69 Å². The maximum atomic E-state index is 13.0. The molecular formula is C26H23ClINO3. The molecule has 4 nitrogen and oxygen atoms in total. The number of carbonyl (C=O) groups excluding carboxylic acids is 1. The van der Waals surface area contributed by atoms with Gasteiger partial charge >= 0.3 is 0 Å². The molecule has 0 atom stereocenters. The predicted molar refractivity (Wildman–Crippen MR) is 138 cm³/mol. The number of ether oxygens (including phenoxy) is 2. The van der Waals surface area contributed by atoms with E-state index in [1.807, 2.05) is 80.6 Å². The topological polar surface area (TPSA) is 38.8 Å². The Kier molecular flexibility index (Phi) is 7.06. The van der Waals surface area contributed by atoms with E-state index in [4.69, 9.17) is 21.1 Å². The molecular weight excluding hydrogens is 537 g/mol. The van der Waals surface area contributed by atoms with Gasteiger partial charge in [0.25, 0.3) is 5.91 Å². The van der Waals surface area contributed by atoms with Crippen molar-refractivity contribution >= 4 is 57.4 Å². The second-order valence-electron chi connectivity index (χ2n) is 7.31. The van der Waals surface area contributed by atoms with Gasteiger partial charge in [-0.1, -0.05) is 41.9 Å². The van der Waals surface area contributed by atoms with E-state index in [2.05, 4.69) is 22.6 Å². The molecule has 0 bridgehead atoms. The average molecular weight is 560 g/mol. The number of halogens is 2. The Bertz CT molecular complexity index is 1190. The fraction of sp³-hybridized carbons (Fsp3) is 0.192. The van der Waals surface area contributed by atoms with E-state index in [1.165, 1.54) is 0 Å². The third kappa shape index (κ3) is 4.64. The van der Waals surface area contributed by atoms with Crippen LogP contribution in [0.25, 0.3) is 11.6 Å². The van der Waals surface area contributed by atoms with Gasteiger partial charge in [0.2, 0.25) is 0 Å². The van der Waals surface area contributed by atoms with Crippen LogP contribution >= 0.6 is 34.2 Å². The van der Waals surface area contributed by atoms with Crippen LogP contribution in [0, 0.1) is 3.57 Å². The molecule has 1 aliphatic rings. The zero-order chi connectivity index (χ0) is 22.7. The van der Waals surface area contributed by atoms with E-state index < -0.39 is 0 Å². The molecule has 164 valence electrons. The van der Waals surface area contributed by atoms with E-state index in [-0.39, 0.29) is 5.91 Å². The summed E-state index contributed by atoms with van der Waals surface area (Å²) in [6.07, 6.45) is 1.93. The number of anilines is 1. The second kappa shape index (κ2) is 9.96. The Balaban J connectivity index is 1.68. The van der Waals surface area contributed by atoms with Gasteiger partial charge in [0.05, 0.1) is 15.9 Å². The van der Waals surface area contributed by atoms with Gasteiger partial charge in [-0.2, -0.15) is 0 Å². The number of likely N-dealkylation sites (N-methyl/N-ethyl adjacent to an activating group) is 1. The van der Waals surface area contributed by atoms with Crippen LogP contribution in [0.2, 0.25) is 5.02 Å².